The van der Waals surface area contributed by atoms with Gasteiger partial charge >= 0.3 is 6.18 Å². The Bertz CT molecular complexity index is 689. The van der Waals surface area contributed by atoms with Gasteiger partial charge in [-0.1, -0.05) is 0 Å². The highest BCUT2D eigenvalue weighted by molar-refractivity contribution is 5.46. The van der Waals surface area contributed by atoms with E-state index in [0.29, 0.717) is 37.8 Å². The largest absolute Gasteiger partial charge is 0.458 e. The molecule has 132 valence electrons. The Hall–Kier alpha value is -1.87. The third-order valence-electron chi connectivity index (χ3n) is 3.96. The van der Waals surface area contributed by atoms with E-state index >= 15 is 0 Å². The summed E-state index contributed by atoms with van der Waals surface area (Å²) >= 11 is 0. The first kappa shape index (κ1) is 17.0. The summed E-state index contributed by atoms with van der Waals surface area (Å²) < 4.78 is 50.3. The minimum atomic E-state index is -4.37. The maximum absolute atomic E-state index is 12.9. The van der Waals surface area contributed by atoms with Crippen LogP contribution in [0.25, 0.3) is 11.6 Å². The number of nitrogens with zero attached hydrogens (tertiary/aromatic N) is 4. The maximum Gasteiger partial charge on any atom is 0.408 e. The molecule has 2 aromatic rings. The average Bonchev–Trinajstić information content (AvgIpc) is 3.12. The smallest absolute Gasteiger partial charge is 0.408 e. The fourth-order valence-corrected chi connectivity index (χ4v) is 2.74. The summed E-state index contributed by atoms with van der Waals surface area (Å²) in [6.45, 7) is 4.82. The van der Waals surface area contributed by atoms with Crippen molar-refractivity contribution in [1.29, 1.82) is 0 Å². The van der Waals surface area contributed by atoms with Crippen LogP contribution < -0.4 is 0 Å². The van der Waals surface area contributed by atoms with E-state index < -0.39 is 12.7 Å². The molecule has 3 heterocycles. The van der Waals surface area contributed by atoms with Crippen LogP contribution >= 0.6 is 0 Å². The number of rotatable bonds is 4. The lowest BCUT2D eigenvalue weighted by molar-refractivity contribution is -0.143. The molecule has 0 unspecified atom stereocenters. The van der Waals surface area contributed by atoms with Gasteiger partial charge < -0.3 is 9.15 Å². The molecule has 1 atom stereocenters. The van der Waals surface area contributed by atoms with Gasteiger partial charge in [-0.15, -0.1) is 5.10 Å². The molecule has 0 saturated carbocycles. The Morgan fingerprint density at radius 1 is 1.25 bits per heavy atom. The van der Waals surface area contributed by atoms with Gasteiger partial charge in [0.05, 0.1) is 19.3 Å². The van der Waals surface area contributed by atoms with Crippen molar-refractivity contribution in [3.63, 3.8) is 0 Å². The summed E-state index contributed by atoms with van der Waals surface area (Å²) in [6.07, 6.45) is -4.37. The van der Waals surface area contributed by atoms with Gasteiger partial charge in [0.2, 0.25) is 5.82 Å². The first-order chi connectivity index (χ1) is 11.3. The summed E-state index contributed by atoms with van der Waals surface area (Å²) in [7, 11) is 0. The van der Waals surface area contributed by atoms with Crippen molar-refractivity contribution in [2.45, 2.75) is 32.6 Å². The molecule has 0 amide bonds. The molecule has 1 aliphatic rings. The van der Waals surface area contributed by atoms with Crippen LogP contribution in [0.1, 0.15) is 24.6 Å². The SMILES string of the molecule is Cc1ccc(-c2nc([C@H](C)N3CCOCC3)n(CC(F)(F)F)n2)o1. The van der Waals surface area contributed by atoms with E-state index in [4.69, 9.17) is 9.15 Å². The van der Waals surface area contributed by atoms with Crippen LogP contribution in [-0.2, 0) is 11.3 Å². The van der Waals surface area contributed by atoms with E-state index in [1.54, 1.807) is 19.1 Å². The van der Waals surface area contributed by atoms with E-state index in [9.17, 15) is 13.2 Å². The highest BCUT2D eigenvalue weighted by Crippen LogP contribution is 2.27. The molecule has 9 heteroatoms. The van der Waals surface area contributed by atoms with Gasteiger partial charge in [0.1, 0.15) is 18.1 Å². The molecule has 0 aromatic carbocycles. The van der Waals surface area contributed by atoms with Crippen molar-refractivity contribution < 1.29 is 22.3 Å². The number of hydrogen-bond donors (Lipinski definition) is 0. The zero-order valence-electron chi connectivity index (χ0n) is 13.5. The first-order valence-electron chi connectivity index (χ1n) is 7.73. The molecule has 1 fully saturated rings. The molecule has 1 aliphatic heterocycles. The summed E-state index contributed by atoms with van der Waals surface area (Å²) in [5.74, 6) is 1.46. The van der Waals surface area contributed by atoms with Crippen LogP contribution in [0.2, 0.25) is 0 Å². The van der Waals surface area contributed by atoms with E-state index in [1.165, 1.54) is 0 Å². The molecule has 2 aromatic heterocycles. The summed E-state index contributed by atoms with van der Waals surface area (Å²) in [4.78, 5) is 6.37. The predicted molar refractivity (Wildman–Crippen MR) is 79.3 cm³/mol. The van der Waals surface area contributed by atoms with E-state index in [1.807, 2.05) is 11.8 Å². The zero-order chi connectivity index (χ0) is 17.3. The van der Waals surface area contributed by atoms with Gasteiger partial charge in [-0.3, -0.25) is 4.90 Å². The van der Waals surface area contributed by atoms with Gasteiger partial charge in [0.15, 0.2) is 5.76 Å². The molecule has 0 radical (unpaired) electrons. The molecular formula is C15H19F3N4O2. The van der Waals surface area contributed by atoms with Gasteiger partial charge in [-0.2, -0.15) is 13.2 Å². The molecule has 0 spiro atoms. The lowest BCUT2D eigenvalue weighted by Gasteiger charge is -2.31. The van der Waals surface area contributed by atoms with E-state index in [0.717, 1.165) is 4.68 Å². The third kappa shape index (κ3) is 3.78. The zero-order valence-corrected chi connectivity index (χ0v) is 13.5. The van der Waals surface area contributed by atoms with Crippen LogP contribution in [-0.4, -0.2) is 52.1 Å². The van der Waals surface area contributed by atoms with Gasteiger partial charge in [-0.25, -0.2) is 9.67 Å². The fourth-order valence-electron chi connectivity index (χ4n) is 2.74. The lowest BCUT2D eigenvalue weighted by Crippen LogP contribution is -2.39. The second-order valence-corrected chi connectivity index (χ2v) is 5.80. The van der Waals surface area contributed by atoms with Gasteiger partial charge in [0.25, 0.3) is 0 Å². The first-order valence-corrected chi connectivity index (χ1v) is 7.73. The molecule has 0 bridgehead atoms. The molecule has 1 saturated heterocycles. The number of morpholine rings is 1. The van der Waals surface area contributed by atoms with Crippen molar-refractivity contribution in [3.8, 4) is 11.6 Å². The van der Waals surface area contributed by atoms with Crippen LogP contribution in [0, 0.1) is 6.92 Å². The second kappa shape index (κ2) is 6.56. The van der Waals surface area contributed by atoms with Crippen LogP contribution in [0.3, 0.4) is 0 Å². The molecule has 24 heavy (non-hydrogen) atoms. The minimum Gasteiger partial charge on any atom is -0.458 e. The number of ether oxygens (including phenoxy) is 1. The van der Waals surface area contributed by atoms with Crippen LogP contribution in [0.5, 0.6) is 0 Å². The summed E-state index contributed by atoms with van der Waals surface area (Å²) in [6, 6.07) is 3.09. The number of aryl methyl sites for hydroxylation is 1. The second-order valence-electron chi connectivity index (χ2n) is 5.80. The molecule has 3 rings (SSSR count). The standard InChI is InChI=1S/C15H19F3N4O2/c1-10-3-4-12(24-10)13-19-14(22(20-13)9-15(16,17)18)11(2)21-5-7-23-8-6-21/h3-4,11H,5-9H2,1-2H3/t11-/m0/s1. The fraction of sp³-hybridized carbons (Fsp3) is 0.600. The molecule has 0 N–H and O–H groups in total. The van der Waals surface area contributed by atoms with E-state index in [-0.39, 0.29) is 17.7 Å². The van der Waals surface area contributed by atoms with Crippen molar-refractivity contribution in [3.05, 3.63) is 23.7 Å². The predicted octanol–water partition coefficient (Wildman–Crippen LogP) is 2.80. The Labute approximate surface area is 137 Å². The third-order valence-corrected chi connectivity index (χ3v) is 3.96. The van der Waals surface area contributed by atoms with Crippen molar-refractivity contribution in [1.82, 2.24) is 19.7 Å². The van der Waals surface area contributed by atoms with Gasteiger partial charge in [-0.05, 0) is 26.0 Å². The number of hydrogen-bond acceptors (Lipinski definition) is 5. The van der Waals surface area contributed by atoms with Gasteiger partial charge in [0, 0.05) is 13.1 Å². The van der Waals surface area contributed by atoms with Crippen molar-refractivity contribution in [2.75, 3.05) is 26.3 Å². The Balaban J connectivity index is 1.93. The Morgan fingerprint density at radius 2 is 1.96 bits per heavy atom. The normalized spacial score (nSPS) is 18.0. The Kier molecular flexibility index (Phi) is 4.64. The monoisotopic (exact) mass is 344 g/mol. The van der Waals surface area contributed by atoms with Crippen LogP contribution in [0.15, 0.2) is 16.5 Å². The van der Waals surface area contributed by atoms with Crippen molar-refractivity contribution in [2.24, 2.45) is 0 Å². The number of furan rings is 1. The highest BCUT2D eigenvalue weighted by atomic mass is 19.4. The van der Waals surface area contributed by atoms with E-state index in [2.05, 4.69) is 10.1 Å². The van der Waals surface area contributed by atoms with Crippen molar-refractivity contribution >= 4 is 0 Å². The number of halogens is 3. The maximum atomic E-state index is 12.9. The molecule has 6 nitrogen and oxygen atoms in total. The quantitative estimate of drug-likeness (QED) is 0.854. The molecular weight excluding hydrogens is 325 g/mol. The minimum absolute atomic E-state index is 0.169. The summed E-state index contributed by atoms with van der Waals surface area (Å²) in [5.41, 5.74) is 0. The summed E-state index contributed by atoms with van der Waals surface area (Å²) in [5, 5.41) is 4.03. The number of alkyl halides is 3. The van der Waals surface area contributed by atoms with Crippen LogP contribution in [0.4, 0.5) is 13.2 Å². The highest BCUT2D eigenvalue weighted by Gasteiger charge is 2.33. The molecule has 0 aliphatic carbocycles. The number of aromatic nitrogens is 3. The Morgan fingerprint density at radius 3 is 2.54 bits per heavy atom. The lowest BCUT2D eigenvalue weighted by atomic mass is 10.2. The topological polar surface area (TPSA) is 56.3 Å². The average molecular weight is 344 g/mol.